The van der Waals surface area contributed by atoms with Gasteiger partial charge in [-0.05, 0) is 49.2 Å². The van der Waals surface area contributed by atoms with Crippen molar-refractivity contribution in [2.75, 3.05) is 25.1 Å². The average Bonchev–Trinajstić information content (AvgIpc) is 3.11. The standard InChI is InChI=1S/C20H21BrN2O3/c21-16-12-19-18(25-9-10-26-19)11-14(16)13-23-8-4-7-17(23)20(24)22-15-5-2-1-3-6-15/h1-3,5-6,11-12,17H,4,7-10,13H2,(H,22,24)/t17-/m0/s1. The zero-order chi connectivity index (χ0) is 17.9. The van der Waals surface area contributed by atoms with Crippen LogP contribution in [0.1, 0.15) is 18.4 Å². The first-order valence-electron chi connectivity index (χ1n) is 8.89. The molecular weight excluding hydrogens is 396 g/mol. The SMILES string of the molecule is O=C(Nc1ccccc1)[C@@H]1CCCN1Cc1cc2c(cc1Br)OCCO2. The number of nitrogens with zero attached hydrogens (tertiary/aromatic N) is 1. The van der Waals surface area contributed by atoms with Crippen LogP contribution in [0.15, 0.2) is 46.9 Å². The molecule has 2 heterocycles. The van der Waals surface area contributed by atoms with E-state index in [2.05, 4.69) is 26.1 Å². The zero-order valence-electron chi connectivity index (χ0n) is 14.4. The number of hydrogen-bond acceptors (Lipinski definition) is 4. The van der Waals surface area contributed by atoms with Crippen molar-refractivity contribution in [1.29, 1.82) is 0 Å². The van der Waals surface area contributed by atoms with Gasteiger partial charge in [0.25, 0.3) is 0 Å². The van der Waals surface area contributed by atoms with E-state index in [1.807, 2.05) is 42.5 Å². The quantitative estimate of drug-likeness (QED) is 0.822. The lowest BCUT2D eigenvalue weighted by Crippen LogP contribution is -2.39. The molecule has 2 aromatic carbocycles. The van der Waals surface area contributed by atoms with Crippen LogP contribution in [0.3, 0.4) is 0 Å². The number of benzene rings is 2. The highest BCUT2D eigenvalue weighted by molar-refractivity contribution is 9.10. The molecule has 4 rings (SSSR count). The smallest absolute Gasteiger partial charge is 0.241 e. The van der Waals surface area contributed by atoms with Gasteiger partial charge in [0.05, 0.1) is 6.04 Å². The van der Waals surface area contributed by atoms with E-state index in [4.69, 9.17) is 9.47 Å². The summed E-state index contributed by atoms with van der Waals surface area (Å²) < 4.78 is 12.3. The summed E-state index contributed by atoms with van der Waals surface area (Å²) in [6.07, 6.45) is 1.90. The number of ether oxygens (including phenoxy) is 2. The largest absolute Gasteiger partial charge is 0.486 e. The van der Waals surface area contributed by atoms with Crippen molar-refractivity contribution in [3.05, 3.63) is 52.5 Å². The molecule has 0 bridgehead atoms. The molecular formula is C20H21BrN2O3. The number of nitrogens with one attached hydrogen (secondary N) is 1. The van der Waals surface area contributed by atoms with Crippen LogP contribution in [0.25, 0.3) is 0 Å². The second kappa shape index (κ2) is 7.68. The minimum Gasteiger partial charge on any atom is -0.486 e. The lowest BCUT2D eigenvalue weighted by Gasteiger charge is -2.25. The van der Waals surface area contributed by atoms with Crippen molar-refractivity contribution in [2.45, 2.75) is 25.4 Å². The fraction of sp³-hybridized carbons (Fsp3) is 0.350. The van der Waals surface area contributed by atoms with E-state index in [0.717, 1.165) is 46.6 Å². The third-order valence-corrected chi connectivity index (χ3v) is 5.53. The Morgan fingerprint density at radius 2 is 1.88 bits per heavy atom. The summed E-state index contributed by atoms with van der Waals surface area (Å²) in [4.78, 5) is 15.0. The number of para-hydroxylation sites is 1. The molecule has 0 aliphatic carbocycles. The van der Waals surface area contributed by atoms with Crippen LogP contribution in [-0.4, -0.2) is 36.6 Å². The van der Waals surface area contributed by atoms with Crippen molar-refractivity contribution >= 4 is 27.5 Å². The molecule has 0 spiro atoms. The zero-order valence-corrected chi connectivity index (χ0v) is 16.0. The Balaban J connectivity index is 1.48. The molecule has 6 heteroatoms. The maximum absolute atomic E-state index is 12.7. The lowest BCUT2D eigenvalue weighted by molar-refractivity contribution is -0.120. The van der Waals surface area contributed by atoms with Crippen molar-refractivity contribution in [1.82, 2.24) is 4.90 Å². The van der Waals surface area contributed by atoms with E-state index < -0.39 is 0 Å². The van der Waals surface area contributed by atoms with Gasteiger partial charge in [0.1, 0.15) is 13.2 Å². The monoisotopic (exact) mass is 416 g/mol. The summed E-state index contributed by atoms with van der Waals surface area (Å²) in [7, 11) is 0. The highest BCUT2D eigenvalue weighted by Gasteiger charge is 2.31. The van der Waals surface area contributed by atoms with Gasteiger partial charge in [-0.3, -0.25) is 9.69 Å². The summed E-state index contributed by atoms with van der Waals surface area (Å²) >= 11 is 3.63. The average molecular weight is 417 g/mol. The first-order chi connectivity index (χ1) is 12.7. The normalized spacial score (nSPS) is 19.3. The van der Waals surface area contributed by atoms with Crippen molar-refractivity contribution in [3.8, 4) is 11.5 Å². The maximum Gasteiger partial charge on any atom is 0.241 e. The van der Waals surface area contributed by atoms with Gasteiger partial charge in [0, 0.05) is 16.7 Å². The first kappa shape index (κ1) is 17.4. The summed E-state index contributed by atoms with van der Waals surface area (Å²) in [6, 6.07) is 13.5. The summed E-state index contributed by atoms with van der Waals surface area (Å²) in [6.45, 7) is 2.75. The summed E-state index contributed by atoms with van der Waals surface area (Å²) in [5.41, 5.74) is 1.94. The van der Waals surface area contributed by atoms with E-state index >= 15 is 0 Å². The van der Waals surface area contributed by atoms with Crippen LogP contribution in [0.5, 0.6) is 11.5 Å². The number of hydrogen-bond donors (Lipinski definition) is 1. The maximum atomic E-state index is 12.7. The molecule has 0 saturated carbocycles. The Bertz CT molecular complexity index is 797. The minimum atomic E-state index is -0.115. The molecule has 136 valence electrons. The predicted molar refractivity (Wildman–Crippen MR) is 104 cm³/mol. The van der Waals surface area contributed by atoms with E-state index in [0.29, 0.717) is 19.8 Å². The third kappa shape index (κ3) is 3.71. The van der Waals surface area contributed by atoms with Gasteiger partial charge in [0.2, 0.25) is 5.91 Å². The Kier molecular flexibility index (Phi) is 5.13. The molecule has 1 fully saturated rings. The fourth-order valence-corrected chi connectivity index (χ4v) is 3.95. The highest BCUT2D eigenvalue weighted by atomic mass is 79.9. The second-order valence-electron chi connectivity index (χ2n) is 6.57. The van der Waals surface area contributed by atoms with Crippen molar-refractivity contribution in [3.63, 3.8) is 0 Å². The number of amides is 1. The number of halogens is 1. The van der Waals surface area contributed by atoms with Crippen LogP contribution in [-0.2, 0) is 11.3 Å². The molecule has 0 radical (unpaired) electrons. The molecule has 0 aromatic heterocycles. The molecule has 2 aromatic rings. The topological polar surface area (TPSA) is 50.8 Å². The van der Waals surface area contributed by atoms with Gasteiger partial charge in [0.15, 0.2) is 11.5 Å². The minimum absolute atomic E-state index is 0.0577. The van der Waals surface area contributed by atoms with Gasteiger partial charge in [-0.2, -0.15) is 0 Å². The molecule has 5 nitrogen and oxygen atoms in total. The van der Waals surface area contributed by atoms with Gasteiger partial charge < -0.3 is 14.8 Å². The van der Waals surface area contributed by atoms with Gasteiger partial charge in [-0.15, -0.1) is 0 Å². The van der Waals surface area contributed by atoms with E-state index in [1.54, 1.807) is 0 Å². The van der Waals surface area contributed by atoms with E-state index in [-0.39, 0.29) is 11.9 Å². The molecule has 1 N–H and O–H groups in total. The Labute approximate surface area is 161 Å². The van der Waals surface area contributed by atoms with Crippen LogP contribution >= 0.6 is 15.9 Å². The van der Waals surface area contributed by atoms with Gasteiger partial charge in [-0.25, -0.2) is 0 Å². The molecule has 1 saturated heterocycles. The number of carbonyl (C=O) groups is 1. The number of rotatable bonds is 4. The second-order valence-corrected chi connectivity index (χ2v) is 7.43. The number of carbonyl (C=O) groups excluding carboxylic acids is 1. The van der Waals surface area contributed by atoms with Crippen molar-refractivity contribution in [2.24, 2.45) is 0 Å². The summed E-state index contributed by atoms with van der Waals surface area (Å²) in [5, 5.41) is 3.03. The lowest BCUT2D eigenvalue weighted by atomic mass is 10.1. The van der Waals surface area contributed by atoms with E-state index in [9.17, 15) is 4.79 Å². The first-order valence-corrected chi connectivity index (χ1v) is 9.68. The van der Waals surface area contributed by atoms with Crippen LogP contribution in [0, 0.1) is 0 Å². The Morgan fingerprint density at radius 3 is 2.65 bits per heavy atom. The molecule has 1 atom stereocenters. The molecule has 0 unspecified atom stereocenters. The Hall–Kier alpha value is -2.05. The van der Waals surface area contributed by atoms with E-state index in [1.165, 1.54) is 0 Å². The number of fused-ring (bicyclic) bond motifs is 1. The summed E-state index contributed by atoms with van der Waals surface area (Å²) in [5.74, 6) is 1.60. The highest BCUT2D eigenvalue weighted by Crippen LogP contribution is 2.36. The molecule has 2 aliphatic heterocycles. The number of anilines is 1. The molecule has 1 amide bonds. The fourth-order valence-electron chi connectivity index (χ4n) is 3.51. The molecule has 2 aliphatic rings. The van der Waals surface area contributed by atoms with Crippen molar-refractivity contribution < 1.29 is 14.3 Å². The molecule has 26 heavy (non-hydrogen) atoms. The predicted octanol–water partition coefficient (Wildman–Crippen LogP) is 3.82. The van der Waals surface area contributed by atoms with Crippen LogP contribution in [0.4, 0.5) is 5.69 Å². The Morgan fingerprint density at radius 1 is 1.15 bits per heavy atom. The van der Waals surface area contributed by atoms with Crippen LogP contribution in [0.2, 0.25) is 0 Å². The van der Waals surface area contributed by atoms with Gasteiger partial charge in [-0.1, -0.05) is 34.1 Å². The third-order valence-electron chi connectivity index (χ3n) is 4.79. The number of likely N-dealkylation sites (tertiary alicyclic amines) is 1. The van der Waals surface area contributed by atoms with Gasteiger partial charge >= 0.3 is 0 Å². The van der Waals surface area contributed by atoms with Crippen LogP contribution < -0.4 is 14.8 Å².